The zero-order valence-corrected chi connectivity index (χ0v) is 60.8. The van der Waals surface area contributed by atoms with E-state index in [1.54, 1.807) is 0 Å². The standard InChI is InChI=1S/C6H12.C6H6.2C6H5.12C4H10.Y/c4*1-2-4-6-5-3-1;12*1-4(2)3;/h1-6H2;1-6H;2*1-5H;12*4H,1-3H3;/q;;2*-1;;;;;;;;;;;;;. The van der Waals surface area contributed by atoms with E-state index in [9.17, 15) is 0 Å². The van der Waals surface area contributed by atoms with E-state index in [2.05, 4.69) is 261 Å². The van der Waals surface area contributed by atoms with Gasteiger partial charge in [0.15, 0.2) is 0 Å². The quantitative estimate of drug-likeness (QED) is 0.197. The van der Waals surface area contributed by atoms with E-state index in [4.69, 9.17) is 0 Å². The smallest absolute Gasteiger partial charge is 0 e. The third kappa shape index (κ3) is 646. The molecule has 0 bridgehead atoms. The third-order valence-corrected chi connectivity index (χ3v) is 3.38. The molecule has 0 heterocycles. The summed E-state index contributed by atoms with van der Waals surface area (Å²) in [5, 5.41) is 0. The van der Waals surface area contributed by atoms with Crippen molar-refractivity contribution in [2.24, 2.45) is 71.0 Å². The number of hydrogen-bond acceptors (Lipinski definition) is 0. The molecular formula is C72H148Y-2. The first-order valence-electron chi connectivity index (χ1n) is 29.6. The Morgan fingerprint density at radius 3 is 0.274 bits per heavy atom. The molecule has 0 aromatic heterocycles. The Morgan fingerprint density at radius 2 is 0.233 bits per heavy atom. The average molecular weight is 1100 g/mol. The van der Waals surface area contributed by atoms with E-state index in [0.29, 0.717) is 0 Å². The van der Waals surface area contributed by atoms with Gasteiger partial charge in [-0.15, -0.1) is 0 Å². The third-order valence-electron chi connectivity index (χ3n) is 3.38. The molecule has 1 aliphatic rings. The summed E-state index contributed by atoms with van der Waals surface area (Å²) in [6, 6.07) is 37.0. The van der Waals surface area contributed by atoms with E-state index in [-0.39, 0.29) is 32.7 Å². The first kappa shape index (κ1) is 104. The second kappa shape index (κ2) is 99.7. The molecule has 0 amide bonds. The van der Waals surface area contributed by atoms with Crippen LogP contribution in [0.4, 0.5) is 0 Å². The van der Waals surface area contributed by atoms with Gasteiger partial charge in [-0.25, -0.2) is 0 Å². The first-order valence-corrected chi connectivity index (χ1v) is 29.6. The molecule has 0 nitrogen and oxygen atoms in total. The SMILES string of the molecule is C1CCCCC1.CC(C)C.CC(C)C.CC(C)C.CC(C)C.CC(C)C.CC(C)C.CC(C)C.CC(C)C.CC(C)C.CC(C)C.CC(C)C.CC(C)C.[Y].[c-]1ccccc1.[c-]1ccccc1.c1ccccc1. The Kier molecular flexibility index (Phi) is 142. The summed E-state index contributed by atoms with van der Waals surface area (Å²) in [5.74, 6) is 10.0. The summed E-state index contributed by atoms with van der Waals surface area (Å²) in [6.45, 7) is 78.0. The van der Waals surface area contributed by atoms with E-state index >= 15 is 0 Å². The van der Waals surface area contributed by atoms with E-state index in [0.717, 1.165) is 71.0 Å². The summed E-state index contributed by atoms with van der Waals surface area (Å²) >= 11 is 0. The molecule has 4 rings (SSSR count). The van der Waals surface area contributed by atoms with Gasteiger partial charge >= 0.3 is 0 Å². The van der Waals surface area contributed by atoms with Crippen molar-refractivity contribution in [1.82, 2.24) is 0 Å². The minimum Gasteiger partial charge on any atom is -0.184 e. The van der Waals surface area contributed by atoms with Crippen LogP contribution >= 0.6 is 0 Å². The van der Waals surface area contributed by atoms with E-state index in [1.165, 1.54) is 38.5 Å². The minimum atomic E-state index is 0. The van der Waals surface area contributed by atoms with Gasteiger partial charge in [0.1, 0.15) is 0 Å². The summed E-state index contributed by atoms with van der Waals surface area (Å²) in [5.41, 5.74) is 0. The van der Waals surface area contributed by atoms with Crippen molar-refractivity contribution in [2.75, 3.05) is 0 Å². The van der Waals surface area contributed by atoms with Gasteiger partial charge < -0.3 is 0 Å². The maximum absolute atomic E-state index is 2.89. The van der Waals surface area contributed by atoms with Crippen molar-refractivity contribution >= 4 is 0 Å². The molecule has 0 N–H and O–H groups in total. The molecule has 0 unspecified atom stereocenters. The molecule has 1 fully saturated rings. The minimum absolute atomic E-state index is 0. The fourth-order valence-electron chi connectivity index (χ4n) is 2.13. The van der Waals surface area contributed by atoms with E-state index < -0.39 is 0 Å². The molecule has 1 aliphatic carbocycles. The number of hydrogen-bond donors (Lipinski definition) is 0. The van der Waals surface area contributed by atoms with Crippen molar-refractivity contribution in [1.29, 1.82) is 0 Å². The largest absolute Gasteiger partial charge is 0.184 e. The molecule has 3 aromatic carbocycles. The summed E-state index contributed by atoms with van der Waals surface area (Å²) < 4.78 is 0. The molecule has 1 radical (unpaired) electrons. The summed E-state index contributed by atoms with van der Waals surface area (Å²) in [6.07, 6.45) is 9.00. The predicted molar refractivity (Wildman–Crippen MR) is 351 cm³/mol. The van der Waals surface area contributed by atoms with Crippen LogP contribution in [0.1, 0.15) is 288 Å². The van der Waals surface area contributed by atoms with Crippen LogP contribution in [0.3, 0.4) is 0 Å². The van der Waals surface area contributed by atoms with Crippen molar-refractivity contribution in [3.63, 3.8) is 0 Å². The van der Waals surface area contributed by atoms with Gasteiger partial charge in [0.2, 0.25) is 0 Å². The molecule has 73 heavy (non-hydrogen) atoms. The molecule has 1 heteroatoms. The van der Waals surface area contributed by atoms with Crippen molar-refractivity contribution in [3.05, 3.63) is 109 Å². The molecular weight excluding hydrogens is 954 g/mol. The second-order valence-electron chi connectivity index (χ2n) is 26.2. The van der Waals surface area contributed by atoms with Crippen LogP contribution in [0.25, 0.3) is 0 Å². The summed E-state index contributed by atoms with van der Waals surface area (Å²) in [7, 11) is 0. The van der Waals surface area contributed by atoms with Crippen molar-refractivity contribution in [3.8, 4) is 0 Å². The van der Waals surface area contributed by atoms with Gasteiger partial charge in [-0.05, 0) is 71.0 Å². The monoisotopic (exact) mass is 1100 g/mol. The fraction of sp³-hybridized carbons (Fsp3) is 0.750. The van der Waals surface area contributed by atoms with Crippen LogP contribution in [0.2, 0.25) is 0 Å². The Hall–Kier alpha value is -1.24. The van der Waals surface area contributed by atoms with Gasteiger partial charge in [-0.1, -0.05) is 324 Å². The predicted octanol–water partition coefficient (Wildman–Crippen LogP) is 26.9. The normalized spacial score (nSPS) is 9.86. The maximum Gasteiger partial charge on any atom is 0 e. The van der Waals surface area contributed by atoms with Gasteiger partial charge in [0.05, 0.1) is 0 Å². The Labute approximate surface area is 497 Å². The molecule has 0 saturated heterocycles. The maximum atomic E-state index is 2.89. The van der Waals surface area contributed by atoms with Crippen LogP contribution in [0.15, 0.2) is 97.1 Å². The Morgan fingerprint density at radius 1 is 0.164 bits per heavy atom. The second-order valence-corrected chi connectivity index (χ2v) is 26.2. The zero-order valence-electron chi connectivity index (χ0n) is 58.0. The first-order chi connectivity index (χ1) is 32.8. The topological polar surface area (TPSA) is 0 Å². The van der Waals surface area contributed by atoms with Crippen LogP contribution in [-0.2, 0) is 32.7 Å². The van der Waals surface area contributed by atoms with Crippen LogP contribution in [0.5, 0.6) is 0 Å². The van der Waals surface area contributed by atoms with Crippen LogP contribution in [-0.4, -0.2) is 0 Å². The summed E-state index contributed by atoms with van der Waals surface area (Å²) in [4.78, 5) is 0. The van der Waals surface area contributed by atoms with Gasteiger partial charge in [0, 0.05) is 32.7 Å². The molecule has 1 saturated carbocycles. The van der Waals surface area contributed by atoms with Gasteiger partial charge in [0.25, 0.3) is 0 Å². The van der Waals surface area contributed by atoms with E-state index in [1.807, 2.05) is 97.1 Å². The molecule has 0 spiro atoms. The van der Waals surface area contributed by atoms with Crippen LogP contribution < -0.4 is 0 Å². The number of rotatable bonds is 0. The number of benzene rings is 3. The van der Waals surface area contributed by atoms with Crippen molar-refractivity contribution in [2.45, 2.75) is 288 Å². The van der Waals surface area contributed by atoms with Gasteiger partial charge in [-0.3, -0.25) is 0 Å². The van der Waals surface area contributed by atoms with Crippen molar-refractivity contribution < 1.29 is 32.7 Å². The fourth-order valence-corrected chi connectivity index (χ4v) is 2.13. The molecule has 0 aliphatic heterocycles. The Bertz CT molecular complexity index is 728. The molecule has 441 valence electrons. The molecule has 3 aromatic rings. The van der Waals surface area contributed by atoms with Gasteiger partial charge in [-0.2, -0.15) is 72.8 Å². The average Bonchev–Trinajstić information content (AvgIpc) is 3.19. The Balaban J connectivity index is -0.0000000480. The molecule has 0 atom stereocenters. The van der Waals surface area contributed by atoms with Crippen LogP contribution in [0, 0.1) is 83.1 Å². The zero-order chi connectivity index (χ0) is 59.9.